The highest BCUT2D eigenvalue weighted by molar-refractivity contribution is 5.76. The number of aliphatic hydroxyl groups excluding tert-OH is 11. The molecular weight excluding hydrogens is 1470 g/mol. The number of carbonyl (C=O) groups is 1. The summed E-state index contributed by atoms with van der Waals surface area (Å²) in [5, 5.41) is 122. The van der Waals surface area contributed by atoms with Crippen LogP contribution in [0.4, 0.5) is 0 Å². The van der Waals surface area contributed by atoms with Gasteiger partial charge in [0.1, 0.15) is 73.2 Å². The maximum Gasteiger partial charge on any atom is 0.220 e. The van der Waals surface area contributed by atoms with E-state index in [0.29, 0.717) is 12.8 Å². The summed E-state index contributed by atoms with van der Waals surface area (Å²) in [7, 11) is 0. The number of hydrogen-bond acceptors (Lipinski definition) is 18. The lowest BCUT2D eigenvalue weighted by molar-refractivity contribution is -0.379. The molecule has 3 heterocycles. The van der Waals surface area contributed by atoms with Crippen LogP contribution >= 0.6 is 0 Å². The van der Waals surface area contributed by atoms with Gasteiger partial charge in [0, 0.05) is 6.42 Å². The van der Waals surface area contributed by atoms with Crippen LogP contribution in [0.2, 0.25) is 0 Å². The quantitative estimate of drug-likeness (QED) is 0.0252. The van der Waals surface area contributed by atoms with Gasteiger partial charge in [-0.3, -0.25) is 4.79 Å². The third-order valence-electron chi connectivity index (χ3n) is 25.7. The molecule has 0 saturated carbocycles. The Kier molecular flexibility index (Phi) is 72.7. The molecule has 17 atom stereocenters. The molecule has 690 valence electrons. The Morgan fingerprint density at radius 2 is 0.491 bits per heavy atom. The van der Waals surface area contributed by atoms with Crippen LogP contribution in [0.5, 0.6) is 0 Å². The van der Waals surface area contributed by atoms with Gasteiger partial charge in [-0.1, -0.05) is 463 Å². The van der Waals surface area contributed by atoms with Crippen molar-refractivity contribution in [2.75, 3.05) is 26.4 Å². The van der Waals surface area contributed by atoms with Crippen molar-refractivity contribution < 1.29 is 89.4 Å². The van der Waals surface area contributed by atoms with Gasteiger partial charge in [-0.25, -0.2) is 0 Å². The normalized spacial score (nSPS) is 24.4. The van der Waals surface area contributed by atoms with Crippen LogP contribution in [0.25, 0.3) is 0 Å². The maximum atomic E-state index is 13.6. The van der Waals surface area contributed by atoms with Crippen LogP contribution in [0.15, 0.2) is 0 Å². The molecule has 0 bridgehead atoms. The van der Waals surface area contributed by atoms with Gasteiger partial charge in [0.05, 0.1) is 38.6 Å². The lowest BCUT2D eigenvalue weighted by Crippen LogP contribution is -2.66. The van der Waals surface area contributed by atoms with Crippen molar-refractivity contribution >= 4 is 5.91 Å². The standard InChI is InChI=1S/C97H189NO18/c1-3-5-7-9-11-13-15-17-19-21-23-25-27-29-31-33-35-37-38-39-40-41-42-43-45-47-49-51-53-55-57-59-61-63-65-67-69-71-73-75-85(103)98-80(81(102)74-72-70-68-66-64-62-60-58-56-54-52-50-48-46-44-36-34-32-30-28-26-24-22-20-18-16-14-12-10-8-6-4-2)79-111-95-91(109)88(106)93(83(77-100)113-95)116-97-92(110)89(107)94(84(78-101)114-97)115-96-90(108)87(105)86(104)82(76-99)112-96/h80-84,86-97,99-102,104-110H,3-79H2,1-2H3,(H,98,103). The van der Waals surface area contributed by atoms with Crippen molar-refractivity contribution in [1.29, 1.82) is 0 Å². The third-order valence-corrected chi connectivity index (χ3v) is 25.7. The first kappa shape index (κ1) is 109. The summed E-state index contributed by atoms with van der Waals surface area (Å²) in [4.78, 5) is 13.6. The molecule has 0 aliphatic carbocycles. The maximum absolute atomic E-state index is 13.6. The Morgan fingerprint density at radius 3 is 0.750 bits per heavy atom. The summed E-state index contributed by atoms with van der Waals surface area (Å²) in [5.41, 5.74) is 0. The van der Waals surface area contributed by atoms with E-state index in [4.69, 9.17) is 28.4 Å². The fourth-order valence-electron chi connectivity index (χ4n) is 17.7. The minimum Gasteiger partial charge on any atom is -0.394 e. The molecular formula is C97H189NO18. The molecule has 19 nitrogen and oxygen atoms in total. The van der Waals surface area contributed by atoms with E-state index in [1.165, 1.54) is 405 Å². The molecule has 0 aromatic heterocycles. The van der Waals surface area contributed by atoms with Gasteiger partial charge >= 0.3 is 0 Å². The van der Waals surface area contributed by atoms with E-state index in [1.807, 2.05) is 0 Å². The zero-order valence-corrected chi connectivity index (χ0v) is 75.0. The molecule has 17 unspecified atom stereocenters. The first-order valence-corrected chi connectivity index (χ1v) is 50.3. The highest BCUT2D eigenvalue weighted by Crippen LogP contribution is 2.34. The minimum absolute atomic E-state index is 0.229. The van der Waals surface area contributed by atoms with Crippen LogP contribution < -0.4 is 5.32 Å². The molecule has 3 rings (SSSR count). The van der Waals surface area contributed by atoms with E-state index >= 15 is 0 Å². The van der Waals surface area contributed by atoms with Gasteiger partial charge in [-0.05, 0) is 12.8 Å². The summed E-state index contributed by atoms with van der Waals surface area (Å²) < 4.78 is 34.7. The van der Waals surface area contributed by atoms with E-state index in [9.17, 15) is 61.0 Å². The van der Waals surface area contributed by atoms with E-state index < -0.39 is 124 Å². The van der Waals surface area contributed by atoms with Crippen molar-refractivity contribution in [2.24, 2.45) is 0 Å². The van der Waals surface area contributed by atoms with Crippen LogP contribution in [0.3, 0.4) is 0 Å². The second-order valence-corrected chi connectivity index (χ2v) is 36.3. The monoisotopic (exact) mass is 1660 g/mol. The zero-order valence-electron chi connectivity index (χ0n) is 75.0. The Morgan fingerprint density at radius 1 is 0.276 bits per heavy atom. The predicted octanol–water partition coefficient (Wildman–Crippen LogP) is 20.8. The topological polar surface area (TPSA) is 307 Å². The molecule has 0 spiro atoms. The second-order valence-electron chi connectivity index (χ2n) is 36.3. The smallest absolute Gasteiger partial charge is 0.220 e. The minimum atomic E-state index is -1.97. The van der Waals surface area contributed by atoms with Gasteiger partial charge in [0.25, 0.3) is 0 Å². The molecule has 3 saturated heterocycles. The van der Waals surface area contributed by atoms with Crippen LogP contribution in [-0.4, -0.2) is 193 Å². The summed E-state index contributed by atoms with van der Waals surface area (Å²) in [5.74, 6) is -0.229. The number of nitrogens with one attached hydrogen (secondary N) is 1. The Hall–Kier alpha value is -1.21. The molecule has 3 fully saturated rings. The predicted molar refractivity (Wildman–Crippen MR) is 471 cm³/mol. The summed E-state index contributed by atoms with van der Waals surface area (Å²) >= 11 is 0. The number of unbranched alkanes of at least 4 members (excludes halogenated alkanes) is 69. The average Bonchev–Trinajstić information content (AvgIpc) is 0.779. The van der Waals surface area contributed by atoms with E-state index in [1.54, 1.807) is 0 Å². The lowest BCUT2D eigenvalue weighted by Gasteiger charge is -2.48. The Labute approximate surface area is 710 Å². The molecule has 0 aromatic rings. The third kappa shape index (κ3) is 54.5. The van der Waals surface area contributed by atoms with E-state index in [0.717, 1.165) is 44.9 Å². The zero-order chi connectivity index (χ0) is 83.8. The molecule has 3 aliphatic rings. The van der Waals surface area contributed by atoms with Gasteiger partial charge < -0.3 is 89.9 Å². The van der Waals surface area contributed by atoms with Crippen molar-refractivity contribution in [1.82, 2.24) is 5.32 Å². The van der Waals surface area contributed by atoms with Crippen molar-refractivity contribution in [3.63, 3.8) is 0 Å². The van der Waals surface area contributed by atoms with Crippen molar-refractivity contribution in [2.45, 2.75) is 587 Å². The first-order valence-electron chi connectivity index (χ1n) is 50.3. The highest BCUT2D eigenvalue weighted by Gasteiger charge is 2.54. The summed E-state index contributed by atoms with van der Waals surface area (Å²) in [6.07, 6.45) is 69.7. The van der Waals surface area contributed by atoms with Gasteiger partial charge in [-0.15, -0.1) is 0 Å². The molecule has 0 aromatic carbocycles. The molecule has 3 aliphatic heterocycles. The SMILES string of the molecule is CCCCCCCCCCCCCCCCCCCCCCCCCCCCCCCCCCCCCCCCCC(=O)NC(COC1OC(CO)C(OC2OC(CO)C(OC3OC(CO)C(O)C(O)C3O)C(O)C2O)C(O)C1O)C(O)CCCCCCCCCCCCCCCCCCCCCCCCCCCCCCCCCC. The van der Waals surface area contributed by atoms with Crippen LogP contribution in [0, 0.1) is 0 Å². The first-order chi connectivity index (χ1) is 56.8. The molecule has 0 radical (unpaired) electrons. The number of hydrogen-bond donors (Lipinski definition) is 12. The fraction of sp³-hybridized carbons (Fsp3) is 0.990. The Balaban J connectivity index is 1.27. The molecule has 1 amide bonds. The van der Waals surface area contributed by atoms with Crippen LogP contribution in [-0.2, 0) is 33.2 Å². The largest absolute Gasteiger partial charge is 0.394 e. The number of carbonyl (C=O) groups excluding carboxylic acids is 1. The molecule has 116 heavy (non-hydrogen) atoms. The summed E-state index contributed by atoms with van der Waals surface area (Å²) in [6.45, 7) is 1.91. The molecule has 12 N–H and O–H groups in total. The van der Waals surface area contributed by atoms with E-state index in [2.05, 4.69) is 19.2 Å². The number of amides is 1. The van der Waals surface area contributed by atoms with Gasteiger partial charge in [0.15, 0.2) is 18.9 Å². The number of rotatable bonds is 85. The van der Waals surface area contributed by atoms with Crippen molar-refractivity contribution in [3.8, 4) is 0 Å². The number of ether oxygens (including phenoxy) is 6. The van der Waals surface area contributed by atoms with E-state index in [-0.39, 0.29) is 18.9 Å². The number of aliphatic hydroxyl groups is 11. The lowest BCUT2D eigenvalue weighted by atomic mass is 9.96. The van der Waals surface area contributed by atoms with Crippen LogP contribution in [0.1, 0.15) is 483 Å². The average molecular weight is 1660 g/mol. The summed E-state index contributed by atoms with van der Waals surface area (Å²) in [6, 6.07) is -0.885. The fourth-order valence-corrected chi connectivity index (χ4v) is 17.7. The Bertz CT molecular complexity index is 2080. The van der Waals surface area contributed by atoms with Gasteiger partial charge in [0.2, 0.25) is 5.91 Å². The second kappa shape index (κ2) is 77.4. The van der Waals surface area contributed by atoms with Gasteiger partial charge in [-0.2, -0.15) is 0 Å². The van der Waals surface area contributed by atoms with Crippen molar-refractivity contribution in [3.05, 3.63) is 0 Å². The highest BCUT2D eigenvalue weighted by atomic mass is 16.8. The molecule has 19 heteroatoms.